The van der Waals surface area contributed by atoms with Crippen molar-refractivity contribution in [3.63, 3.8) is 0 Å². The molecule has 0 fully saturated rings. The highest BCUT2D eigenvalue weighted by atomic mass is 35.5. The Labute approximate surface area is 185 Å². The third-order valence-electron chi connectivity index (χ3n) is 4.57. The monoisotopic (exact) mass is 458 g/mol. The molecule has 0 spiro atoms. The summed E-state index contributed by atoms with van der Waals surface area (Å²) < 4.78 is 38.6. The molecule has 7 nitrogen and oxygen atoms in total. The molecule has 31 heavy (non-hydrogen) atoms. The molecule has 3 aromatic carbocycles. The number of anilines is 2. The van der Waals surface area contributed by atoms with E-state index in [0.717, 1.165) is 4.31 Å². The lowest BCUT2D eigenvalue weighted by atomic mass is 10.2. The van der Waals surface area contributed by atoms with Crippen LogP contribution in [0.2, 0.25) is 5.02 Å². The van der Waals surface area contributed by atoms with Gasteiger partial charge >= 0.3 is 0 Å². The number of halogens is 1. The van der Waals surface area contributed by atoms with Crippen molar-refractivity contribution in [3.05, 3.63) is 77.8 Å². The lowest BCUT2D eigenvalue weighted by molar-refractivity contribution is -0.114. The van der Waals surface area contributed by atoms with Crippen LogP contribution in [0.15, 0.2) is 77.7 Å². The Balaban J connectivity index is 1.62. The molecule has 0 radical (unpaired) electrons. The summed E-state index contributed by atoms with van der Waals surface area (Å²) in [5, 5.41) is 2.93. The highest BCUT2D eigenvalue weighted by Crippen LogP contribution is 2.33. The van der Waals surface area contributed by atoms with Crippen LogP contribution in [0.25, 0.3) is 0 Å². The lowest BCUT2D eigenvalue weighted by Crippen LogP contribution is -2.38. The first-order valence-corrected chi connectivity index (χ1v) is 11.3. The fourth-order valence-corrected chi connectivity index (χ4v) is 4.87. The summed E-state index contributed by atoms with van der Waals surface area (Å²) in [6.07, 6.45) is 0. The highest BCUT2D eigenvalue weighted by Gasteiger charge is 2.28. The molecular formula is C22H19ClN2O5S. The first-order valence-electron chi connectivity index (χ1n) is 9.47. The molecular weight excluding hydrogens is 440 g/mol. The van der Waals surface area contributed by atoms with Gasteiger partial charge < -0.3 is 14.8 Å². The number of carbonyl (C=O) groups is 1. The van der Waals surface area contributed by atoms with Crippen molar-refractivity contribution in [1.82, 2.24) is 0 Å². The first kappa shape index (κ1) is 21.0. The quantitative estimate of drug-likeness (QED) is 0.604. The van der Waals surface area contributed by atoms with Gasteiger partial charge in [-0.1, -0.05) is 41.9 Å². The van der Waals surface area contributed by atoms with Gasteiger partial charge in [-0.3, -0.25) is 9.10 Å². The third-order valence-corrected chi connectivity index (χ3v) is 6.66. The van der Waals surface area contributed by atoms with E-state index >= 15 is 0 Å². The zero-order valence-corrected chi connectivity index (χ0v) is 17.9. The summed E-state index contributed by atoms with van der Waals surface area (Å²) in [6, 6.07) is 19.4. The molecule has 4 rings (SSSR count). The maximum atomic E-state index is 13.3. The average molecular weight is 459 g/mol. The number of hydrogen-bond donors (Lipinski definition) is 1. The van der Waals surface area contributed by atoms with Crippen molar-refractivity contribution < 1.29 is 22.7 Å². The second-order valence-electron chi connectivity index (χ2n) is 6.68. The normalized spacial score (nSPS) is 12.8. The summed E-state index contributed by atoms with van der Waals surface area (Å²) >= 11 is 6.27. The zero-order chi connectivity index (χ0) is 21.8. The van der Waals surface area contributed by atoms with E-state index in [2.05, 4.69) is 5.32 Å². The van der Waals surface area contributed by atoms with Crippen LogP contribution in [0.5, 0.6) is 11.5 Å². The molecule has 0 saturated heterocycles. The molecule has 1 amide bonds. The van der Waals surface area contributed by atoms with Gasteiger partial charge in [0.05, 0.1) is 15.6 Å². The fourth-order valence-electron chi connectivity index (χ4n) is 3.13. The maximum absolute atomic E-state index is 13.3. The summed E-state index contributed by atoms with van der Waals surface area (Å²) in [6.45, 7) is 0.415. The number of carbonyl (C=O) groups excluding carboxylic acids is 1. The number of fused-ring (bicyclic) bond motifs is 1. The van der Waals surface area contributed by atoms with Crippen LogP contribution in [0.4, 0.5) is 11.4 Å². The zero-order valence-electron chi connectivity index (χ0n) is 16.3. The minimum atomic E-state index is -4.03. The van der Waals surface area contributed by atoms with E-state index < -0.39 is 22.5 Å². The molecule has 160 valence electrons. The number of nitrogens with one attached hydrogen (secondary N) is 1. The summed E-state index contributed by atoms with van der Waals surface area (Å²) in [5.41, 5.74) is 0.677. The van der Waals surface area contributed by atoms with Gasteiger partial charge in [0.25, 0.3) is 10.0 Å². The van der Waals surface area contributed by atoms with Gasteiger partial charge in [0.1, 0.15) is 19.8 Å². The number of amides is 1. The molecule has 0 atom stereocenters. The maximum Gasteiger partial charge on any atom is 0.264 e. The van der Waals surface area contributed by atoms with E-state index in [-0.39, 0.29) is 15.6 Å². The molecule has 0 saturated carbocycles. The van der Waals surface area contributed by atoms with Crippen molar-refractivity contribution in [3.8, 4) is 11.5 Å². The molecule has 0 bridgehead atoms. The molecule has 3 aromatic rings. The summed E-state index contributed by atoms with van der Waals surface area (Å²) in [4.78, 5) is 12.9. The predicted molar refractivity (Wildman–Crippen MR) is 118 cm³/mol. The van der Waals surface area contributed by atoms with Crippen molar-refractivity contribution in [1.29, 1.82) is 0 Å². The molecule has 0 aliphatic carbocycles. The van der Waals surface area contributed by atoms with Gasteiger partial charge in [-0.2, -0.15) is 0 Å². The topological polar surface area (TPSA) is 84.9 Å². The van der Waals surface area contributed by atoms with Crippen LogP contribution in [0.3, 0.4) is 0 Å². The van der Waals surface area contributed by atoms with Crippen molar-refractivity contribution in [2.75, 3.05) is 29.4 Å². The molecule has 1 aliphatic heterocycles. The minimum Gasteiger partial charge on any atom is -0.486 e. The Morgan fingerprint density at radius 2 is 1.61 bits per heavy atom. The van der Waals surface area contributed by atoms with Crippen LogP contribution >= 0.6 is 11.6 Å². The van der Waals surface area contributed by atoms with Gasteiger partial charge in [-0.05, 0) is 36.4 Å². The number of para-hydroxylation sites is 1. The summed E-state index contributed by atoms with van der Waals surface area (Å²) in [7, 11) is -4.03. The Bertz CT molecular complexity index is 1200. The number of sulfonamides is 1. The van der Waals surface area contributed by atoms with Crippen molar-refractivity contribution in [2.45, 2.75) is 4.90 Å². The second-order valence-corrected chi connectivity index (χ2v) is 8.95. The fraction of sp³-hybridized carbons (Fsp3) is 0.136. The number of ether oxygens (including phenoxy) is 2. The second kappa shape index (κ2) is 8.87. The van der Waals surface area contributed by atoms with Crippen molar-refractivity contribution >= 4 is 38.9 Å². The average Bonchev–Trinajstić information content (AvgIpc) is 2.78. The Hall–Kier alpha value is -3.23. The summed E-state index contributed by atoms with van der Waals surface area (Å²) in [5.74, 6) is 0.577. The number of hydrogen-bond acceptors (Lipinski definition) is 5. The van der Waals surface area contributed by atoms with E-state index in [4.69, 9.17) is 21.1 Å². The van der Waals surface area contributed by atoms with E-state index in [1.165, 1.54) is 12.1 Å². The predicted octanol–water partition coefficient (Wildman–Crippen LogP) is 3.95. The van der Waals surface area contributed by atoms with Crippen LogP contribution in [-0.4, -0.2) is 34.1 Å². The number of rotatable bonds is 6. The highest BCUT2D eigenvalue weighted by molar-refractivity contribution is 7.92. The van der Waals surface area contributed by atoms with Gasteiger partial charge in [-0.25, -0.2) is 8.42 Å². The molecule has 0 unspecified atom stereocenters. The molecule has 0 aromatic heterocycles. The SMILES string of the molecule is O=C(CN(c1ccccc1Cl)S(=O)(=O)c1ccccc1)Nc1ccc2c(c1)OCCO2. The Morgan fingerprint density at radius 3 is 2.35 bits per heavy atom. The van der Waals surface area contributed by atoms with Crippen LogP contribution in [0, 0.1) is 0 Å². The molecule has 1 N–H and O–H groups in total. The first-order chi connectivity index (χ1) is 14.9. The Kier molecular flexibility index (Phi) is 6.01. The van der Waals surface area contributed by atoms with E-state index in [1.807, 2.05) is 0 Å². The van der Waals surface area contributed by atoms with Gasteiger partial charge in [-0.15, -0.1) is 0 Å². The van der Waals surface area contributed by atoms with Crippen LogP contribution in [-0.2, 0) is 14.8 Å². The van der Waals surface area contributed by atoms with Gasteiger partial charge in [0.15, 0.2) is 11.5 Å². The van der Waals surface area contributed by atoms with E-state index in [9.17, 15) is 13.2 Å². The molecule has 9 heteroatoms. The Morgan fingerprint density at radius 1 is 0.935 bits per heavy atom. The van der Waals surface area contributed by atoms with E-state index in [1.54, 1.807) is 60.7 Å². The van der Waals surface area contributed by atoms with Crippen LogP contribution < -0.4 is 19.1 Å². The van der Waals surface area contributed by atoms with Gasteiger partial charge in [0, 0.05) is 11.8 Å². The molecule has 1 aliphatic rings. The van der Waals surface area contributed by atoms with Gasteiger partial charge in [0.2, 0.25) is 5.91 Å². The van der Waals surface area contributed by atoms with Crippen LogP contribution in [0.1, 0.15) is 0 Å². The van der Waals surface area contributed by atoms with E-state index in [0.29, 0.717) is 30.4 Å². The smallest absolute Gasteiger partial charge is 0.264 e. The third kappa shape index (κ3) is 4.60. The van der Waals surface area contributed by atoms with Crippen molar-refractivity contribution in [2.24, 2.45) is 0 Å². The molecule has 1 heterocycles. The lowest BCUT2D eigenvalue weighted by Gasteiger charge is -2.25. The number of nitrogens with zero attached hydrogens (tertiary/aromatic N) is 1. The number of benzene rings is 3. The standard InChI is InChI=1S/C22H19ClN2O5S/c23-18-8-4-5-9-19(18)25(31(27,28)17-6-2-1-3-7-17)15-22(26)24-16-10-11-20-21(14-16)30-13-12-29-20/h1-11,14H,12-13,15H2,(H,24,26). The minimum absolute atomic E-state index is 0.0575. The largest absolute Gasteiger partial charge is 0.486 e.